The van der Waals surface area contributed by atoms with E-state index >= 15 is 0 Å². The van der Waals surface area contributed by atoms with Crippen LogP contribution in [0.4, 0.5) is 0 Å². The SMILES string of the molecule is CC(C)(O)C(C(=O)O)N(Cc1ccccc1)Cc1ccccc1. The van der Waals surface area contributed by atoms with Gasteiger partial charge in [-0.15, -0.1) is 0 Å². The zero-order valence-electron chi connectivity index (χ0n) is 13.5. The molecule has 23 heavy (non-hydrogen) atoms. The second-order valence-corrected chi connectivity index (χ2v) is 6.27. The summed E-state index contributed by atoms with van der Waals surface area (Å²) in [6, 6.07) is 18.4. The second kappa shape index (κ2) is 7.40. The Morgan fingerprint density at radius 3 is 1.65 bits per heavy atom. The summed E-state index contributed by atoms with van der Waals surface area (Å²) in [5, 5.41) is 20.0. The predicted molar refractivity (Wildman–Crippen MR) is 89.9 cm³/mol. The lowest BCUT2D eigenvalue weighted by Gasteiger charge is -2.36. The molecule has 1 atom stereocenters. The molecule has 0 fully saturated rings. The van der Waals surface area contributed by atoms with Gasteiger partial charge in [-0.1, -0.05) is 60.7 Å². The van der Waals surface area contributed by atoms with Crippen LogP contribution in [-0.4, -0.2) is 32.7 Å². The van der Waals surface area contributed by atoms with Crippen molar-refractivity contribution in [3.8, 4) is 0 Å². The summed E-state index contributed by atoms with van der Waals surface area (Å²) in [6.07, 6.45) is 0. The van der Waals surface area contributed by atoms with E-state index in [9.17, 15) is 15.0 Å². The van der Waals surface area contributed by atoms with Crippen molar-refractivity contribution in [2.24, 2.45) is 0 Å². The van der Waals surface area contributed by atoms with Crippen molar-refractivity contribution in [1.29, 1.82) is 0 Å². The molecule has 0 aliphatic rings. The maximum Gasteiger partial charge on any atom is 0.323 e. The lowest BCUT2D eigenvalue weighted by molar-refractivity contribution is -0.153. The molecule has 0 radical (unpaired) electrons. The van der Waals surface area contributed by atoms with Gasteiger partial charge in [0.2, 0.25) is 0 Å². The lowest BCUT2D eigenvalue weighted by atomic mass is 9.96. The summed E-state index contributed by atoms with van der Waals surface area (Å²) in [5.41, 5.74) is 0.674. The highest BCUT2D eigenvalue weighted by atomic mass is 16.4. The van der Waals surface area contributed by atoms with Crippen LogP contribution in [0.2, 0.25) is 0 Å². The molecule has 4 nitrogen and oxygen atoms in total. The molecular weight excluding hydrogens is 290 g/mol. The molecule has 1 unspecified atom stereocenters. The third-order valence-corrected chi connectivity index (χ3v) is 3.73. The van der Waals surface area contributed by atoms with Crippen LogP contribution in [0.25, 0.3) is 0 Å². The quantitative estimate of drug-likeness (QED) is 0.825. The molecule has 2 aromatic rings. The van der Waals surface area contributed by atoms with Crippen LogP contribution in [0.1, 0.15) is 25.0 Å². The van der Waals surface area contributed by atoms with Gasteiger partial charge in [0.15, 0.2) is 0 Å². The minimum Gasteiger partial charge on any atom is -0.480 e. The first-order chi connectivity index (χ1) is 10.9. The molecule has 0 bridgehead atoms. The van der Waals surface area contributed by atoms with Crippen molar-refractivity contribution in [3.05, 3.63) is 71.8 Å². The summed E-state index contributed by atoms with van der Waals surface area (Å²) in [7, 11) is 0. The van der Waals surface area contributed by atoms with E-state index in [1.54, 1.807) is 4.90 Å². The largest absolute Gasteiger partial charge is 0.480 e. The van der Waals surface area contributed by atoms with Crippen LogP contribution in [0.5, 0.6) is 0 Å². The standard InChI is InChI=1S/C19H23NO3/c1-19(2,23)17(18(21)22)20(13-15-9-5-3-6-10-15)14-16-11-7-4-8-12-16/h3-12,17,23H,13-14H2,1-2H3,(H,21,22). The minimum atomic E-state index is -1.35. The molecular formula is C19H23NO3. The number of hydrogen-bond acceptors (Lipinski definition) is 3. The second-order valence-electron chi connectivity index (χ2n) is 6.27. The molecule has 0 aliphatic heterocycles. The molecule has 0 spiro atoms. The third-order valence-electron chi connectivity index (χ3n) is 3.73. The third kappa shape index (κ3) is 4.91. The average molecular weight is 313 g/mol. The predicted octanol–water partition coefficient (Wildman–Crippen LogP) is 2.91. The fourth-order valence-electron chi connectivity index (χ4n) is 2.78. The van der Waals surface area contributed by atoms with Crippen LogP contribution < -0.4 is 0 Å². The normalized spacial score (nSPS) is 13.0. The van der Waals surface area contributed by atoms with Crippen molar-refractivity contribution in [2.75, 3.05) is 0 Å². The molecule has 0 aromatic heterocycles. The Bertz CT molecular complexity index is 579. The van der Waals surface area contributed by atoms with Crippen molar-refractivity contribution < 1.29 is 15.0 Å². The fourth-order valence-corrected chi connectivity index (χ4v) is 2.78. The number of aliphatic hydroxyl groups is 1. The van der Waals surface area contributed by atoms with E-state index in [4.69, 9.17) is 0 Å². The van der Waals surface area contributed by atoms with Gasteiger partial charge < -0.3 is 10.2 Å². The van der Waals surface area contributed by atoms with Gasteiger partial charge in [-0.25, -0.2) is 0 Å². The first-order valence-electron chi connectivity index (χ1n) is 7.65. The topological polar surface area (TPSA) is 60.8 Å². The lowest BCUT2D eigenvalue weighted by Crippen LogP contribution is -2.53. The molecule has 0 amide bonds. The van der Waals surface area contributed by atoms with Crippen molar-refractivity contribution in [2.45, 2.75) is 38.6 Å². The number of nitrogens with zero attached hydrogens (tertiary/aromatic N) is 1. The Morgan fingerprint density at radius 2 is 1.35 bits per heavy atom. The summed E-state index contributed by atoms with van der Waals surface area (Å²) in [6.45, 7) is 3.98. The van der Waals surface area contributed by atoms with Gasteiger partial charge >= 0.3 is 5.97 Å². The maximum absolute atomic E-state index is 11.8. The van der Waals surface area contributed by atoms with Gasteiger partial charge in [0.05, 0.1) is 5.60 Å². The van der Waals surface area contributed by atoms with Gasteiger partial charge in [0.1, 0.15) is 6.04 Å². The highest BCUT2D eigenvalue weighted by Gasteiger charge is 2.38. The van der Waals surface area contributed by atoms with E-state index in [2.05, 4.69) is 0 Å². The zero-order valence-corrected chi connectivity index (χ0v) is 13.5. The molecule has 4 heteroatoms. The van der Waals surface area contributed by atoms with Crippen LogP contribution >= 0.6 is 0 Å². The van der Waals surface area contributed by atoms with Crippen LogP contribution in [0.15, 0.2) is 60.7 Å². The Hall–Kier alpha value is -2.17. The van der Waals surface area contributed by atoms with E-state index in [-0.39, 0.29) is 0 Å². The van der Waals surface area contributed by atoms with Crippen molar-refractivity contribution in [1.82, 2.24) is 4.90 Å². The molecule has 0 aliphatic carbocycles. The zero-order chi connectivity index (χ0) is 16.9. The van der Waals surface area contributed by atoms with Gasteiger partial charge in [-0.05, 0) is 25.0 Å². The Kier molecular flexibility index (Phi) is 5.53. The number of carbonyl (C=O) groups is 1. The number of carboxylic acid groups (broad SMARTS) is 1. The smallest absolute Gasteiger partial charge is 0.323 e. The first-order valence-corrected chi connectivity index (χ1v) is 7.65. The monoisotopic (exact) mass is 313 g/mol. The number of carboxylic acids is 1. The molecule has 2 rings (SSSR count). The fraction of sp³-hybridized carbons (Fsp3) is 0.316. The Labute approximate surface area is 137 Å². The summed E-state index contributed by atoms with van der Waals surface area (Å²) in [4.78, 5) is 13.6. The minimum absolute atomic E-state index is 0.455. The highest BCUT2D eigenvalue weighted by molar-refractivity contribution is 5.75. The van der Waals surface area contributed by atoms with Gasteiger partial charge in [0.25, 0.3) is 0 Å². The Balaban J connectivity index is 2.31. The first kappa shape index (κ1) is 17.2. The molecule has 0 heterocycles. The molecule has 0 saturated carbocycles. The molecule has 0 saturated heterocycles. The van der Waals surface area contributed by atoms with Crippen LogP contribution in [0, 0.1) is 0 Å². The average Bonchev–Trinajstić information content (AvgIpc) is 2.47. The van der Waals surface area contributed by atoms with E-state index in [1.807, 2.05) is 60.7 Å². The molecule has 2 N–H and O–H groups in total. The maximum atomic E-state index is 11.8. The number of benzene rings is 2. The summed E-state index contributed by atoms with van der Waals surface area (Å²) >= 11 is 0. The van der Waals surface area contributed by atoms with E-state index in [0.29, 0.717) is 13.1 Å². The van der Waals surface area contributed by atoms with Gasteiger partial charge in [-0.2, -0.15) is 0 Å². The number of rotatable bonds is 7. The Morgan fingerprint density at radius 1 is 0.957 bits per heavy atom. The van der Waals surface area contributed by atoms with Crippen LogP contribution in [0.3, 0.4) is 0 Å². The summed E-state index contributed by atoms with van der Waals surface area (Å²) in [5.74, 6) is -1.02. The summed E-state index contributed by atoms with van der Waals surface area (Å²) < 4.78 is 0. The van der Waals surface area contributed by atoms with Crippen molar-refractivity contribution in [3.63, 3.8) is 0 Å². The molecule has 2 aromatic carbocycles. The van der Waals surface area contributed by atoms with Crippen molar-refractivity contribution >= 4 is 5.97 Å². The highest BCUT2D eigenvalue weighted by Crippen LogP contribution is 2.21. The number of aliphatic carboxylic acids is 1. The van der Waals surface area contributed by atoms with E-state index < -0.39 is 17.6 Å². The van der Waals surface area contributed by atoms with E-state index in [0.717, 1.165) is 11.1 Å². The molecule has 122 valence electrons. The van der Waals surface area contributed by atoms with Gasteiger partial charge in [-0.3, -0.25) is 9.69 Å². The van der Waals surface area contributed by atoms with Crippen LogP contribution in [-0.2, 0) is 17.9 Å². The van der Waals surface area contributed by atoms with E-state index in [1.165, 1.54) is 13.8 Å². The van der Waals surface area contributed by atoms with Gasteiger partial charge in [0, 0.05) is 13.1 Å². The number of hydrogen-bond donors (Lipinski definition) is 2.